The van der Waals surface area contributed by atoms with Crippen molar-refractivity contribution in [3.63, 3.8) is 0 Å². The van der Waals surface area contributed by atoms with Crippen LogP contribution in [0.1, 0.15) is 27.6 Å². The van der Waals surface area contributed by atoms with Crippen LogP contribution in [0.3, 0.4) is 0 Å². The van der Waals surface area contributed by atoms with Crippen molar-refractivity contribution in [3.8, 4) is 0 Å². The molecule has 27 heavy (non-hydrogen) atoms. The molecule has 2 aromatic carbocycles. The topological polar surface area (TPSA) is 119 Å². The van der Waals surface area contributed by atoms with Crippen molar-refractivity contribution in [2.24, 2.45) is 0 Å². The van der Waals surface area contributed by atoms with Gasteiger partial charge in [0, 0.05) is 16.8 Å². The van der Waals surface area contributed by atoms with Crippen LogP contribution in [0, 0.1) is 0 Å². The van der Waals surface area contributed by atoms with Gasteiger partial charge in [0.15, 0.2) is 5.78 Å². The standard InChI is InChI=1S/C18H18N2O6S/c1-12(21)14-4-3-5-16(10-14)27(24,25)20-15-8-6-13(7-9-15)18(23)19-11-17(22)26-2/h3-10,20H,11H2,1-2H3,(H,19,23). The van der Waals surface area contributed by atoms with Gasteiger partial charge in [-0.3, -0.25) is 19.1 Å². The average molecular weight is 390 g/mol. The molecular formula is C18H18N2O6S. The lowest BCUT2D eigenvalue weighted by Gasteiger charge is -2.10. The van der Waals surface area contributed by atoms with Gasteiger partial charge in [-0.15, -0.1) is 0 Å². The molecule has 0 aliphatic heterocycles. The predicted molar refractivity (Wildman–Crippen MR) is 98.0 cm³/mol. The van der Waals surface area contributed by atoms with Gasteiger partial charge in [0.25, 0.3) is 15.9 Å². The number of nitrogens with one attached hydrogen (secondary N) is 2. The Morgan fingerprint density at radius 3 is 2.26 bits per heavy atom. The van der Waals surface area contributed by atoms with Gasteiger partial charge in [0.05, 0.1) is 12.0 Å². The molecule has 0 spiro atoms. The summed E-state index contributed by atoms with van der Waals surface area (Å²) in [5, 5.41) is 2.38. The lowest BCUT2D eigenvalue weighted by atomic mass is 10.2. The largest absolute Gasteiger partial charge is 0.468 e. The van der Waals surface area contributed by atoms with Gasteiger partial charge in [0.2, 0.25) is 0 Å². The van der Waals surface area contributed by atoms with Crippen LogP contribution >= 0.6 is 0 Å². The Kier molecular flexibility index (Phi) is 6.30. The number of methoxy groups -OCH3 is 1. The first-order valence-electron chi connectivity index (χ1n) is 7.82. The second-order valence-electron chi connectivity index (χ2n) is 5.53. The molecule has 0 fully saturated rings. The van der Waals surface area contributed by atoms with Crippen LogP contribution in [0.2, 0.25) is 0 Å². The summed E-state index contributed by atoms with van der Waals surface area (Å²) in [4.78, 5) is 34.3. The summed E-state index contributed by atoms with van der Waals surface area (Å²) in [5.74, 6) is -1.32. The minimum Gasteiger partial charge on any atom is -0.468 e. The van der Waals surface area contributed by atoms with Crippen molar-refractivity contribution in [3.05, 3.63) is 59.7 Å². The number of anilines is 1. The van der Waals surface area contributed by atoms with E-state index in [9.17, 15) is 22.8 Å². The van der Waals surface area contributed by atoms with E-state index in [2.05, 4.69) is 14.8 Å². The number of rotatable bonds is 7. The fraction of sp³-hybridized carbons (Fsp3) is 0.167. The van der Waals surface area contributed by atoms with Gasteiger partial charge < -0.3 is 10.1 Å². The third-order valence-electron chi connectivity index (χ3n) is 3.57. The van der Waals surface area contributed by atoms with Crippen molar-refractivity contribution in [1.82, 2.24) is 5.32 Å². The zero-order valence-electron chi connectivity index (χ0n) is 14.7. The van der Waals surface area contributed by atoms with Gasteiger partial charge in [-0.05, 0) is 43.3 Å². The number of ketones is 1. The predicted octanol–water partition coefficient (Wildman–Crippen LogP) is 1.59. The molecule has 0 aliphatic rings. The number of esters is 1. The SMILES string of the molecule is COC(=O)CNC(=O)c1ccc(NS(=O)(=O)c2cccc(C(C)=O)c2)cc1. The molecular weight excluding hydrogens is 372 g/mol. The molecule has 2 rings (SSSR count). The van der Waals surface area contributed by atoms with E-state index >= 15 is 0 Å². The minimum atomic E-state index is -3.89. The first-order valence-corrected chi connectivity index (χ1v) is 9.30. The monoisotopic (exact) mass is 390 g/mol. The molecule has 0 unspecified atom stereocenters. The summed E-state index contributed by atoms with van der Waals surface area (Å²) in [7, 11) is -2.68. The van der Waals surface area contributed by atoms with Crippen molar-refractivity contribution in [2.45, 2.75) is 11.8 Å². The molecule has 0 atom stereocenters. The van der Waals surface area contributed by atoms with Crippen LogP contribution in [0.15, 0.2) is 53.4 Å². The second kappa shape index (κ2) is 8.45. The fourth-order valence-electron chi connectivity index (χ4n) is 2.11. The minimum absolute atomic E-state index is 0.0462. The highest BCUT2D eigenvalue weighted by atomic mass is 32.2. The Morgan fingerprint density at radius 1 is 1.00 bits per heavy atom. The molecule has 0 heterocycles. The van der Waals surface area contributed by atoms with Crippen LogP contribution in [-0.2, 0) is 19.6 Å². The lowest BCUT2D eigenvalue weighted by Crippen LogP contribution is -2.30. The zero-order valence-corrected chi connectivity index (χ0v) is 15.5. The molecule has 0 saturated heterocycles. The van der Waals surface area contributed by atoms with E-state index in [-0.39, 0.29) is 34.0 Å². The Labute approximate surface area is 156 Å². The number of carbonyl (C=O) groups excluding carboxylic acids is 3. The zero-order chi connectivity index (χ0) is 20.0. The molecule has 0 aliphatic carbocycles. The molecule has 0 radical (unpaired) electrons. The van der Waals surface area contributed by atoms with Gasteiger partial charge >= 0.3 is 5.97 Å². The summed E-state index contributed by atoms with van der Waals surface area (Å²) in [6.45, 7) is 1.08. The molecule has 2 aromatic rings. The molecule has 142 valence electrons. The summed E-state index contributed by atoms with van der Waals surface area (Å²) < 4.78 is 31.7. The molecule has 0 saturated carbocycles. The molecule has 2 N–H and O–H groups in total. The number of benzene rings is 2. The maximum Gasteiger partial charge on any atom is 0.325 e. The smallest absolute Gasteiger partial charge is 0.325 e. The summed E-state index contributed by atoms with van der Waals surface area (Å²) in [6, 6.07) is 11.3. The number of ether oxygens (including phenoxy) is 1. The van der Waals surface area contributed by atoms with Crippen LogP contribution < -0.4 is 10.0 Å². The van der Waals surface area contributed by atoms with Crippen molar-refractivity contribution in [2.75, 3.05) is 18.4 Å². The van der Waals surface area contributed by atoms with E-state index in [0.717, 1.165) is 0 Å². The maximum atomic E-state index is 12.5. The Bertz CT molecular complexity index is 968. The Balaban J connectivity index is 2.11. The first-order chi connectivity index (χ1) is 12.7. The summed E-state index contributed by atoms with van der Waals surface area (Å²) >= 11 is 0. The molecule has 0 aromatic heterocycles. The van der Waals surface area contributed by atoms with Crippen molar-refractivity contribution >= 4 is 33.4 Å². The van der Waals surface area contributed by atoms with Gasteiger partial charge in [-0.1, -0.05) is 12.1 Å². The van der Waals surface area contributed by atoms with Crippen LogP contribution in [-0.4, -0.2) is 39.7 Å². The van der Waals surface area contributed by atoms with E-state index < -0.39 is 21.9 Å². The van der Waals surface area contributed by atoms with E-state index in [0.29, 0.717) is 0 Å². The third-order valence-corrected chi connectivity index (χ3v) is 4.95. The van der Waals surface area contributed by atoms with E-state index in [1.165, 1.54) is 62.6 Å². The van der Waals surface area contributed by atoms with Crippen LogP contribution in [0.25, 0.3) is 0 Å². The van der Waals surface area contributed by atoms with Crippen LogP contribution in [0.5, 0.6) is 0 Å². The lowest BCUT2D eigenvalue weighted by molar-refractivity contribution is -0.139. The maximum absolute atomic E-state index is 12.5. The molecule has 9 heteroatoms. The highest BCUT2D eigenvalue weighted by molar-refractivity contribution is 7.92. The number of hydrogen-bond acceptors (Lipinski definition) is 6. The van der Waals surface area contributed by atoms with Crippen molar-refractivity contribution in [1.29, 1.82) is 0 Å². The van der Waals surface area contributed by atoms with Gasteiger partial charge in [0.1, 0.15) is 6.54 Å². The first kappa shape index (κ1) is 20.1. The average Bonchev–Trinajstić information content (AvgIpc) is 2.66. The third kappa shape index (κ3) is 5.38. The van der Waals surface area contributed by atoms with Gasteiger partial charge in [-0.25, -0.2) is 8.42 Å². The van der Waals surface area contributed by atoms with E-state index in [1.807, 2.05) is 0 Å². The van der Waals surface area contributed by atoms with E-state index in [4.69, 9.17) is 0 Å². The highest BCUT2D eigenvalue weighted by Gasteiger charge is 2.16. The van der Waals surface area contributed by atoms with Crippen LogP contribution in [0.4, 0.5) is 5.69 Å². The molecule has 8 nitrogen and oxygen atoms in total. The number of sulfonamides is 1. The van der Waals surface area contributed by atoms with E-state index in [1.54, 1.807) is 0 Å². The quantitative estimate of drug-likeness (QED) is 0.547. The number of Topliss-reactive ketones (excluding diaryl/α,β-unsaturated/α-hetero) is 1. The van der Waals surface area contributed by atoms with Gasteiger partial charge in [-0.2, -0.15) is 0 Å². The number of amides is 1. The molecule has 0 bridgehead atoms. The number of hydrogen-bond donors (Lipinski definition) is 2. The summed E-state index contributed by atoms with van der Waals surface area (Å²) in [5.41, 5.74) is 0.781. The van der Waals surface area contributed by atoms with Crippen molar-refractivity contribution < 1.29 is 27.5 Å². The summed E-state index contributed by atoms with van der Waals surface area (Å²) in [6.07, 6.45) is 0. The normalized spacial score (nSPS) is 10.7. The Morgan fingerprint density at radius 2 is 1.67 bits per heavy atom. The second-order valence-corrected chi connectivity index (χ2v) is 7.21. The highest BCUT2D eigenvalue weighted by Crippen LogP contribution is 2.18. The number of carbonyl (C=O) groups is 3. The Hall–Kier alpha value is -3.20. The fourth-order valence-corrected chi connectivity index (χ4v) is 3.22. The molecule has 1 amide bonds.